The van der Waals surface area contributed by atoms with E-state index in [1.807, 2.05) is 0 Å². The Kier molecular flexibility index (Phi) is 1.61. The average molecular weight is 190 g/mol. The maximum Gasteiger partial charge on any atom is 0.201 e. The molecule has 0 atom stereocenters. The zero-order valence-corrected chi connectivity index (χ0v) is 8.16. The molecule has 0 saturated heterocycles. The molecule has 2 nitrogen and oxygen atoms in total. The lowest BCUT2D eigenvalue weighted by molar-refractivity contribution is -0.0160. The Hall–Kier alpha value is -1.05. The molecule has 2 saturated carbocycles. The van der Waals surface area contributed by atoms with Crippen LogP contribution in [-0.4, -0.2) is 5.78 Å². The monoisotopic (exact) mass is 190 g/mol. The van der Waals surface area contributed by atoms with Gasteiger partial charge in [-0.2, -0.15) is 0 Å². The highest BCUT2D eigenvalue weighted by Gasteiger charge is 2.50. The van der Waals surface area contributed by atoms with Gasteiger partial charge in [-0.15, -0.1) is 0 Å². The largest absolute Gasteiger partial charge is 0.461 e. The number of hydrogen-bond donors (Lipinski definition) is 0. The number of rotatable bonds is 2. The van der Waals surface area contributed by atoms with E-state index in [0.717, 1.165) is 12.8 Å². The van der Waals surface area contributed by atoms with E-state index in [2.05, 4.69) is 0 Å². The second-order valence-electron chi connectivity index (χ2n) is 4.80. The van der Waals surface area contributed by atoms with Crippen LogP contribution in [0.25, 0.3) is 0 Å². The van der Waals surface area contributed by atoms with Crippen molar-refractivity contribution in [3.05, 3.63) is 24.2 Å². The molecule has 1 aromatic rings. The van der Waals surface area contributed by atoms with Gasteiger partial charge in [0.2, 0.25) is 5.78 Å². The third kappa shape index (κ3) is 1.06. The zero-order chi connectivity index (χ0) is 9.60. The lowest BCUT2D eigenvalue weighted by Crippen LogP contribution is -2.45. The minimum absolute atomic E-state index is 0.215. The van der Waals surface area contributed by atoms with Gasteiger partial charge in [0.15, 0.2) is 5.76 Å². The minimum Gasteiger partial charge on any atom is -0.461 e. The second-order valence-corrected chi connectivity index (χ2v) is 4.80. The molecule has 14 heavy (non-hydrogen) atoms. The molecule has 0 aromatic carbocycles. The topological polar surface area (TPSA) is 30.2 Å². The van der Waals surface area contributed by atoms with Gasteiger partial charge in [-0.3, -0.25) is 4.79 Å². The highest BCUT2D eigenvalue weighted by molar-refractivity contribution is 5.96. The van der Waals surface area contributed by atoms with E-state index in [-0.39, 0.29) is 11.7 Å². The summed E-state index contributed by atoms with van der Waals surface area (Å²) >= 11 is 0. The second kappa shape index (κ2) is 2.72. The van der Waals surface area contributed by atoms with Gasteiger partial charge in [0.1, 0.15) is 0 Å². The van der Waals surface area contributed by atoms with E-state index >= 15 is 0 Å². The van der Waals surface area contributed by atoms with Crippen molar-refractivity contribution in [2.75, 3.05) is 0 Å². The summed E-state index contributed by atoms with van der Waals surface area (Å²) in [5.41, 5.74) is 0.576. The van der Waals surface area contributed by atoms with Gasteiger partial charge in [-0.25, -0.2) is 0 Å². The summed E-state index contributed by atoms with van der Waals surface area (Å²) in [4.78, 5) is 11.8. The van der Waals surface area contributed by atoms with Gasteiger partial charge >= 0.3 is 0 Å². The molecule has 0 N–H and O–H groups in total. The summed E-state index contributed by atoms with van der Waals surface area (Å²) < 4.78 is 5.12. The molecule has 2 heteroatoms. The van der Waals surface area contributed by atoms with Crippen molar-refractivity contribution >= 4 is 5.78 Å². The Morgan fingerprint density at radius 1 is 1.43 bits per heavy atom. The molecule has 74 valence electrons. The van der Waals surface area contributed by atoms with Crippen LogP contribution in [-0.2, 0) is 0 Å². The lowest BCUT2D eigenvalue weighted by Gasteiger charge is -2.53. The van der Waals surface area contributed by atoms with Gasteiger partial charge in [-0.05, 0) is 43.2 Å². The van der Waals surface area contributed by atoms with Crippen molar-refractivity contribution in [3.8, 4) is 0 Å². The van der Waals surface area contributed by atoms with Gasteiger partial charge in [-0.1, -0.05) is 6.42 Å². The highest BCUT2D eigenvalue weighted by Crippen LogP contribution is 2.59. The van der Waals surface area contributed by atoms with Crippen LogP contribution in [0, 0.1) is 11.3 Å². The number of ketones is 1. The first kappa shape index (κ1) is 8.27. The Labute approximate surface area is 83.3 Å². The predicted octanol–water partition coefficient (Wildman–Crippen LogP) is 3.04. The van der Waals surface area contributed by atoms with Crippen LogP contribution < -0.4 is 0 Å². The normalized spacial score (nSPS) is 24.3. The van der Waals surface area contributed by atoms with Gasteiger partial charge < -0.3 is 4.42 Å². The number of carbonyl (C=O) groups is 1. The summed E-state index contributed by atoms with van der Waals surface area (Å²) in [7, 11) is 0. The molecule has 0 aliphatic heterocycles. The van der Waals surface area contributed by atoms with Gasteiger partial charge in [0.05, 0.1) is 6.26 Å². The summed E-state index contributed by atoms with van der Waals surface area (Å²) in [6.07, 6.45) is 7.83. The molecule has 3 rings (SSSR count). The van der Waals surface area contributed by atoms with Crippen molar-refractivity contribution in [2.45, 2.75) is 32.1 Å². The van der Waals surface area contributed by atoms with Crippen LogP contribution in [0.1, 0.15) is 42.7 Å². The van der Waals surface area contributed by atoms with Crippen molar-refractivity contribution < 1.29 is 9.21 Å². The predicted molar refractivity (Wildman–Crippen MR) is 52.0 cm³/mol. The Bertz CT molecular complexity index is 338. The third-order valence-corrected chi connectivity index (χ3v) is 3.91. The van der Waals surface area contributed by atoms with Crippen molar-refractivity contribution in [1.29, 1.82) is 0 Å². The molecule has 2 fully saturated rings. The Balaban J connectivity index is 1.66. The van der Waals surface area contributed by atoms with Crippen LogP contribution in [0.5, 0.6) is 0 Å². The smallest absolute Gasteiger partial charge is 0.201 e. The minimum atomic E-state index is 0.215. The van der Waals surface area contributed by atoms with E-state index in [0.29, 0.717) is 11.2 Å². The molecule has 1 aromatic heterocycles. The van der Waals surface area contributed by atoms with E-state index < -0.39 is 0 Å². The van der Waals surface area contributed by atoms with Crippen molar-refractivity contribution in [1.82, 2.24) is 0 Å². The molecule has 1 spiro atoms. The van der Waals surface area contributed by atoms with E-state index in [9.17, 15) is 4.79 Å². The fourth-order valence-electron chi connectivity index (χ4n) is 2.88. The molecule has 1 heterocycles. The molecule has 2 aliphatic rings. The lowest BCUT2D eigenvalue weighted by atomic mass is 9.51. The highest BCUT2D eigenvalue weighted by atomic mass is 16.3. The molecule has 0 amide bonds. The van der Waals surface area contributed by atoms with Crippen LogP contribution in [0.2, 0.25) is 0 Å². The van der Waals surface area contributed by atoms with Crippen LogP contribution in [0.3, 0.4) is 0 Å². The Morgan fingerprint density at radius 3 is 2.71 bits per heavy atom. The molecule has 2 aliphatic carbocycles. The first-order valence-electron chi connectivity index (χ1n) is 5.37. The summed E-state index contributed by atoms with van der Waals surface area (Å²) in [5, 5.41) is 0. The van der Waals surface area contributed by atoms with E-state index in [1.54, 1.807) is 18.4 Å². The van der Waals surface area contributed by atoms with E-state index in [1.165, 1.54) is 19.3 Å². The molecular formula is C12H14O2. The number of furan rings is 1. The van der Waals surface area contributed by atoms with Crippen LogP contribution in [0.15, 0.2) is 22.8 Å². The average Bonchev–Trinajstić information content (AvgIpc) is 2.49. The SMILES string of the molecule is O=C(c1ccco1)C1CC2(CCC2)C1. The maximum atomic E-state index is 11.8. The van der Waals surface area contributed by atoms with Crippen molar-refractivity contribution in [2.24, 2.45) is 11.3 Å². The fraction of sp³-hybridized carbons (Fsp3) is 0.583. The zero-order valence-electron chi connectivity index (χ0n) is 8.16. The summed E-state index contributed by atoms with van der Waals surface area (Å²) in [6.45, 7) is 0. The van der Waals surface area contributed by atoms with Crippen LogP contribution >= 0.6 is 0 Å². The number of hydrogen-bond acceptors (Lipinski definition) is 2. The van der Waals surface area contributed by atoms with Gasteiger partial charge in [0, 0.05) is 5.92 Å². The first-order chi connectivity index (χ1) is 6.79. The maximum absolute atomic E-state index is 11.8. The van der Waals surface area contributed by atoms with Gasteiger partial charge in [0.25, 0.3) is 0 Å². The number of carbonyl (C=O) groups excluding carboxylic acids is 1. The molecular weight excluding hydrogens is 176 g/mol. The summed E-state index contributed by atoms with van der Waals surface area (Å²) in [5.74, 6) is 1.01. The fourth-order valence-corrected chi connectivity index (χ4v) is 2.88. The third-order valence-electron chi connectivity index (χ3n) is 3.91. The Morgan fingerprint density at radius 2 is 2.21 bits per heavy atom. The van der Waals surface area contributed by atoms with Crippen molar-refractivity contribution in [3.63, 3.8) is 0 Å². The first-order valence-corrected chi connectivity index (χ1v) is 5.37. The molecule has 0 unspecified atom stereocenters. The molecule has 0 bridgehead atoms. The number of Topliss-reactive ketones (excluding diaryl/α,β-unsaturated/α-hetero) is 1. The standard InChI is InChI=1S/C12H14O2/c13-11(10-3-1-6-14-10)9-7-12(8-9)4-2-5-12/h1,3,6,9H,2,4-5,7-8H2. The quantitative estimate of drug-likeness (QED) is 0.671. The van der Waals surface area contributed by atoms with E-state index in [4.69, 9.17) is 4.42 Å². The van der Waals surface area contributed by atoms with Crippen LogP contribution in [0.4, 0.5) is 0 Å². The molecule has 0 radical (unpaired) electrons. The summed E-state index contributed by atoms with van der Waals surface area (Å²) in [6, 6.07) is 3.55.